The molecule has 1 aromatic rings. The second kappa shape index (κ2) is 5.38. The Morgan fingerprint density at radius 1 is 1.23 bits per heavy atom. The summed E-state index contributed by atoms with van der Waals surface area (Å²) in [6.07, 6.45) is 6.80. The van der Waals surface area contributed by atoms with Crippen molar-refractivity contribution in [3.8, 4) is 0 Å². The van der Waals surface area contributed by atoms with Crippen LogP contribution in [0.2, 0.25) is 0 Å². The number of fused-ring (bicyclic) bond motifs is 2. The number of likely N-dealkylation sites (tertiary alicyclic amines) is 1. The van der Waals surface area contributed by atoms with Crippen LogP contribution in [0.4, 0.5) is 0 Å². The van der Waals surface area contributed by atoms with Crippen molar-refractivity contribution < 1.29 is 4.79 Å². The third-order valence-corrected chi connectivity index (χ3v) is 6.28. The lowest BCUT2D eigenvalue weighted by Gasteiger charge is -2.39. The second-order valence-corrected chi connectivity index (χ2v) is 7.70. The van der Waals surface area contributed by atoms with Crippen LogP contribution in [0.15, 0.2) is 30.3 Å². The van der Waals surface area contributed by atoms with E-state index in [2.05, 4.69) is 35.2 Å². The zero-order valence-corrected chi connectivity index (χ0v) is 13.2. The Labute approximate surface area is 132 Å². The highest BCUT2D eigenvalue weighted by atomic mass is 16.2. The van der Waals surface area contributed by atoms with Gasteiger partial charge < -0.3 is 10.6 Å². The molecular formula is C19H26N2O. The summed E-state index contributed by atoms with van der Waals surface area (Å²) in [4.78, 5) is 15.4. The number of benzene rings is 1. The van der Waals surface area contributed by atoms with Gasteiger partial charge in [0.1, 0.15) is 0 Å². The van der Waals surface area contributed by atoms with E-state index in [1.54, 1.807) is 0 Å². The first-order chi connectivity index (χ1) is 10.7. The zero-order chi connectivity index (χ0) is 15.2. The summed E-state index contributed by atoms with van der Waals surface area (Å²) < 4.78 is 0. The van der Waals surface area contributed by atoms with Crippen molar-refractivity contribution in [1.29, 1.82) is 0 Å². The molecule has 1 saturated heterocycles. The fourth-order valence-corrected chi connectivity index (χ4v) is 5.24. The van der Waals surface area contributed by atoms with E-state index >= 15 is 0 Å². The standard InChI is InChI=1S/C19H26N2O/c20-17-8-9-21(13-17)18(22)19(11-14-4-2-1-3-5-14)12-15-6-7-16(19)10-15/h1-5,15-17H,6-13,20H2/t15?,16?,17-,19?/m1/s1. The molecule has 3 nitrogen and oxygen atoms in total. The van der Waals surface area contributed by atoms with Gasteiger partial charge in [-0.25, -0.2) is 0 Å². The van der Waals surface area contributed by atoms with Crippen molar-refractivity contribution in [3.63, 3.8) is 0 Å². The molecule has 22 heavy (non-hydrogen) atoms. The molecule has 2 N–H and O–H groups in total. The molecule has 4 rings (SSSR count). The van der Waals surface area contributed by atoms with Gasteiger partial charge >= 0.3 is 0 Å². The summed E-state index contributed by atoms with van der Waals surface area (Å²) in [5, 5.41) is 0. The average Bonchev–Trinajstić information content (AvgIpc) is 3.23. The summed E-state index contributed by atoms with van der Waals surface area (Å²) >= 11 is 0. The highest BCUT2D eigenvalue weighted by molar-refractivity contribution is 5.84. The third kappa shape index (κ3) is 2.26. The molecule has 1 amide bonds. The molecule has 0 spiro atoms. The van der Waals surface area contributed by atoms with Gasteiger partial charge in [-0.3, -0.25) is 4.79 Å². The van der Waals surface area contributed by atoms with Gasteiger partial charge in [-0.05, 0) is 49.5 Å². The smallest absolute Gasteiger partial charge is 0.229 e. The first-order valence-electron chi connectivity index (χ1n) is 8.76. The number of carbonyl (C=O) groups is 1. The van der Waals surface area contributed by atoms with Gasteiger partial charge in [-0.15, -0.1) is 0 Å². The van der Waals surface area contributed by atoms with Crippen LogP contribution >= 0.6 is 0 Å². The summed E-state index contributed by atoms with van der Waals surface area (Å²) in [5.74, 6) is 1.76. The number of rotatable bonds is 3. The van der Waals surface area contributed by atoms with Crippen LogP contribution in [0.1, 0.15) is 37.7 Å². The lowest BCUT2D eigenvalue weighted by Crippen LogP contribution is -2.48. The number of carbonyl (C=O) groups excluding carboxylic acids is 1. The van der Waals surface area contributed by atoms with Crippen LogP contribution in [0.25, 0.3) is 0 Å². The second-order valence-electron chi connectivity index (χ2n) is 7.70. The SMILES string of the molecule is N[C@@H]1CCN(C(=O)C2(Cc3ccccc3)CC3CCC2C3)C1. The first-order valence-corrected chi connectivity index (χ1v) is 8.76. The van der Waals surface area contributed by atoms with E-state index in [1.165, 1.54) is 24.8 Å². The highest BCUT2D eigenvalue weighted by Crippen LogP contribution is 2.58. The Hall–Kier alpha value is -1.35. The maximum atomic E-state index is 13.4. The molecule has 2 saturated carbocycles. The minimum absolute atomic E-state index is 0.145. The minimum Gasteiger partial charge on any atom is -0.341 e. The van der Waals surface area contributed by atoms with Crippen LogP contribution in [-0.4, -0.2) is 29.9 Å². The topological polar surface area (TPSA) is 46.3 Å². The summed E-state index contributed by atoms with van der Waals surface area (Å²) in [6.45, 7) is 1.61. The average molecular weight is 298 g/mol. The van der Waals surface area contributed by atoms with Crippen molar-refractivity contribution in [2.24, 2.45) is 23.0 Å². The van der Waals surface area contributed by atoms with E-state index in [0.717, 1.165) is 38.3 Å². The van der Waals surface area contributed by atoms with Gasteiger partial charge in [0.05, 0.1) is 5.41 Å². The Morgan fingerprint density at radius 3 is 2.64 bits per heavy atom. The van der Waals surface area contributed by atoms with E-state index in [4.69, 9.17) is 5.73 Å². The number of amides is 1. The minimum atomic E-state index is -0.145. The van der Waals surface area contributed by atoms with E-state index in [9.17, 15) is 4.79 Å². The molecule has 3 unspecified atom stereocenters. The Kier molecular flexibility index (Phi) is 3.48. The maximum absolute atomic E-state index is 13.4. The highest BCUT2D eigenvalue weighted by Gasteiger charge is 2.56. The summed E-state index contributed by atoms with van der Waals surface area (Å²) in [6, 6.07) is 10.8. The Morgan fingerprint density at radius 2 is 2.05 bits per heavy atom. The molecule has 0 radical (unpaired) electrons. The molecule has 1 heterocycles. The third-order valence-electron chi connectivity index (χ3n) is 6.28. The number of hydrogen-bond donors (Lipinski definition) is 1. The van der Waals surface area contributed by atoms with Crippen LogP contribution in [0, 0.1) is 17.3 Å². The number of nitrogens with zero attached hydrogens (tertiary/aromatic N) is 1. The van der Waals surface area contributed by atoms with Crippen LogP contribution in [-0.2, 0) is 11.2 Å². The molecule has 3 aliphatic rings. The molecule has 3 heteroatoms. The van der Waals surface area contributed by atoms with Crippen molar-refractivity contribution in [3.05, 3.63) is 35.9 Å². The molecule has 3 fully saturated rings. The van der Waals surface area contributed by atoms with E-state index in [1.807, 2.05) is 0 Å². The van der Waals surface area contributed by atoms with Gasteiger partial charge in [0.2, 0.25) is 5.91 Å². The molecule has 1 aromatic carbocycles. The zero-order valence-electron chi connectivity index (χ0n) is 13.2. The number of nitrogens with two attached hydrogens (primary N) is 1. The van der Waals surface area contributed by atoms with E-state index in [0.29, 0.717) is 11.8 Å². The Bertz CT molecular complexity index is 558. The lowest BCUT2D eigenvalue weighted by molar-refractivity contribution is -0.144. The van der Waals surface area contributed by atoms with Crippen molar-refractivity contribution >= 4 is 5.91 Å². The fraction of sp³-hybridized carbons (Fsp3) is 0.632. The molecule has 2 aliphatic carbocycles. The van der Waals surface area contributed by atoms with Crippen molar-refractivity contribution in [2.75, 3.05) is 13.1 Å². The maximum Gasteiger partial charge on any atom is 0.229 e. The largest absolute Gasteiger partial charge is 0.341 e. The lowest BCUT2D eigenvalue weighted by atomic mass is 9.68. The van der Waals surface area contributed by atoms with Crippen LogP contribution in [0.3, 0.4) is 0 Å². The monoisotopic (exact) mass is 298 g/mol. The van der Waals surface area contributed by atoms with Gasteiger partial charge in [0, 0.05) is 19.1 Å². The van der Waals surface area contributed by atoms with Crippen LogP contribution in [0.5, 0.6) is 0 Å². The summed E-state index contributed by atoms with van der Waals surface area (Å²) in [7, 11) is 0. The molecule has 2 bridgehead atoms. The predicted octanol–water partition coefficient (Wildman–Crippen LogP) is 2.60. The normalized spacial score (nSPS) is 37.0. The van der Waals surface area contributed by atoms with Gasteiger partial charge in [0.15, 0.2) is 0 Å². The molecule has 4 atom stereocenters. The summed E-state index contributed by atoms with van der Waals surface area (Å²) in [5.41, 5.74) is 7.21. The first kappa shape index (κ1) is 14.3. The molecule has 1 aliphatic heterocycles. The van der Waals surface area contributed by atoms with Gasteiger partial charge in [0.25, 0.3) is 0 Å². The van der Waals surface area contributed by atoms with E-state index < -0.39 is 0 Å². The predicted molar refractivity (Wildman–Crippen MR) is 87.2 cm³/mol. The van der Waals surface area contributed by atoms with E-state index in [-0.39, 0.29) is 11.5 Å². The van der Waals surface area contributed by atoms with Gasteiger partial charge in [-0.1, -0.05) is 36.8 Å². The molecular weight excluding hydrogens is 272 g/mol. The quantitative estimate of drug-likeness (QED) is 0.932. The number of hydrogen-bond acceptors (Lipinski definition) is 2. The van der Waals surface area contributed by atoms with Crippen molar-refractivity contribution in [2.45, 2.75) is 44.6 Å². The fourth-order valence-electron chi connectivity index (χ4n) is 5.24. The van der Waals surface area contributed by atoms with Crippen LogP contribution < -0.4 is 5.73 Å². The van der Waals surface area contributed by atoms with Gasteiger partial charge in [-0.2, -0.15) is 0 Å². The molecule has 0 aromatic heterocycles. The molecule has 118 valence electrons. The van der Waals surface area contributed by atoms with Crippen molar-refractivity contribution in [1.82, 2.24) is 4.90 Å². The Balaban J connectivity index is 1.63.